The predicted molar refractivity (Wildman–Crippen MR) is 146 cm³/mol. The molecular weight excluding hydrogens is 537 g/mol. The van der Waals surface area contributed by atoms with Gasteiger partial charge in [0.25, 0.3) is 0 Å². The van der Waals surface area contributed by atoms with Crippen LogP contribution in [0.15, 0.2) is 0 Å². The van der Waals surface area contributed by atoms with Gasteiger partial charge in [-0.25, -0.2) is 4.79 Å². The second-order valence-corrected chi connectivity index (χ2v) is 14.9. The summed E-state index contributed by atoms with van der Waals surface area (Å²) in [6.45, 7) is 12.5. The summed E-state index contributed by atoms with van der Waals surface area (Å²) in [5, 5.41) is 0. The minimum absolute atomic E-state index is 0.00857. The van der Waals surface area contributed by atoms with Gasteiger partial charge in [0, 0.05) is 11.3 Å². The second-order valence-electron chi connectivity index (χ2n) is 14.9. The molecule has 0 aromatic carbocycles. The Hall–Kier alpha value is -1.80. The van der Waals surface area contributed by atoms with Crippen molar-refractivity contribution in [3.63, 3.8) is 0 Å². The number of carbonyl (C=O) groups excluding carboxylic acids is 3. The molecule has 0 N–H and O–H groups in total. The summed E-state index contributed by atoms with van der Waals surface area (Å²) in [5.74, 6) is 0.248. The van der Waals surface area contributed by atoms with Crippen LogP contribution in [0.3, 0.4) is 0 Å². The third-order valence-electron chi connectivity index (χ3n) is 11.5. The number of alkyl halides is 3. The van der Waals surface area contributed by atoms with Crippen LogP contribution >= 0.6 is 0 Å². The normalized spacial score (nSPS) is 35.6. The van der Waals surface area contributed by atoms with Gasteiger partial charge in [-0.2, -0.15) is 13.2 Å². The van der Waals surface area contributed by atoms with E-state index in [1.807, 2.05) is 13.8 Å². The molecular formula is C32H49F3O6. The lowest BCUT2D eigenvalue weighted by Gasteiger charge is -2.61. The van der Waals surface area contributed by atoms with E-state index in [2.05, 4.69) is 20.8 Å². The van der Waals surface area contributed by atoms with Crippen molar-refractivity contribution in [2.24, 2.45) is 39.9 Å². The van der Waals surface area contributed by atoms with Crippen LogP contribution in [0.1, 0.15) is 119 Å². The van der Waals surface area contributed by atoms with Crippen molar-refractivity contribution >= 4 is 17.9 Å². The molecule has 4 unspecified atom stereocenters. The summed E-state index contributed by atoms with van der Waals surface area (Å²) < 4.78 is 55.0. The molecule has 0 aromatic rings. The van der Waals surface area contributed by atoms with Crippen LogP contribution in [-0.2, 0) is 28.6 Å². The molecule has 1 aliphatic heterocycles. The quantitative estimate of drug-likeness (QED) is 0.226. The first-order chi connectivity index (χ1) is 18.9. The molecule has 234 valence electrons. The van der Waals surface area contributed by atoms with Crippen LogP contribution in [0.4, 0.5) is 13.2 Å². The van der Waals surface area contributed by atoms with E-state index in [4.69, 9.17) is 14.2 Å². The number of fused-ring (bicyclic) bond motifs is 1. The lowest BCUT2D eigenvalue weighted by molar-refractivity contribution is -0.234. The SMILES string of the molecule is CCC(C)(C(=O)OC1C(=O)OC2CCCC21)C(F)(F)F.CCC(C)(C)C(=O)OC(C)(C)C12CC3CC(CC(C3)C1)C2. The van der Waals surface area contributed by atoms with E-state index in [-0.39, 0.29) is 34.4 Å². The van der Waals surface area contributed by atoms with Crippen LogP contribution < -0.4 is 0 Å². The van der Waals surface area contributed by atoms with Crippen molar-refractivity contribution in [2.45, 2.75) is 143 Å². The van der Waals surface area contributed by atoms with E-state index in [0.717, 1.165) is 37.5 Å². The Morgan fingerprint density at radius 2 is 1.41 bits per heavy atom. The molecule has 6 aliphatic rings. The van der Waals surface area contributed by atoms with E-state index in [9.17, 15) is 27.6 Å². The number of carbonyl (C=O) groups is 3. The first-order valence-electron chi connectivity index (χ1n) is 15.6. The van der Waals surface area contributed by atoms with Crippen molar-refractivity contribution in [1.82, 2.24) is 0 Å². The first kappa shape index (κ1) is 32.1. The van der Waals surface area contributed by atoms with Crippen LogP contribution in [-0.4, -0.2) is 41.9 Å². The summed E-state index contributed by atoms with van der Waals surface area (Å²) in [4.78, 5) is 36.1. The van der Waals surface area contributed by atoms with Gasteiger partial charge >= 0.3 is 24.1 Å². The molecule has 4 atom stereocenters. The minimum Gasteiger partial charge on any atom is -0.459 e. The predicted octanol–water partition coefficient (Wildman–Crippen LogP) is 7.56. The van der Waals surface area contributed by atoms with Gasteiger partial charge in [0.1, 0.15) is 11.7 Å². The number of halogens is 3. The maximum atomic E-state index is 13.0. The van der Waals surface area contributed by atoms with Gasteiger partial charge in [-0.1, -0.05) is 13.8 Å². The number of hydrogen-bond acceptors (Lipinski definition) is 6. The highest BCUT2D eigenvalue weighted by Crippen LogP contribution is 2.64. The van der Waals surface area contributed by atoms with E-state index < -0.39 is 36.1 Å². The van der Waals surface area contributed by atoms with Crippen molar-refractivity contribution in [2.75, 3.05) is 0 Å². The average Bonchev–Trinajstić information content (AvgIpc) is 3.43. The molecule has 41 heavy (non-hydrogen) atoms. The summed E-state index contributed by atoms with van der Waals surface area (Å²) in [6, 6.07) is 0. The molecule has 6 fully saturated rings. The topological polar surface area (TPSA) is 78.9 Å². The van der Waals surface area contributed by atoms with Gasteiger partial charge in [0.2, 0.25) is 6.10 Å². The van der Waals surface area contributed by atoms with Crippen molar-refractivity contribution in [3.8, 4) is 0 Å². The molecule has 9 heteroatoms. The highest BCUT2D eigenvalue weighted by molar-refractivity contribution is 5.84. The molecule has 0 aromatic heterocycles. The van der Waals surface area contributed by atoms with Gasteiger partial charge in [-0.15, -0.1) is 0 Å². The molecule has 1 saturated heterocycles. The molecule has 6 nitrogen and oxygen atoms in total. The molecule has 0 spiro atoms. The fourth-order valence-corrected chi connectivity index (χ4v) is 8.15. The Morgan fingerprint density at radius 1 is 0.878 bits per heavy atom. The lowest BCUT2D eigenvalue weighted by atomic mass is 9.46. The zero-order valence-corrected chi connectivity index (χ0v) is 25.8. The number of esters is 3. The maximum absolute atomic E-state index is 13.0. The zero-order valence-electron chi connectivity index (χ0n) is 25.8. The smallest absolute Gasteiger partial charge is 0.404 e. The summed E-state index contributed by atoms with van der Waals surface area (Å²) in [5.41, 5.74) is -3.02. The number of ether oxygens (including phenoxy) is 3. The molecule has 0 radical (unpaired) electrons. The van der Waals surface area contributed by atoms with E-state index in [0.29, 0.717) is 12.8 Å². The maximum Gasteiger partial charge on any atom is 0.404 e. The molecule has 0 amide bonds. The van der Waals surface area contributed by atoms with Crippen LogP contribution in [0.25, 0.3) is 0 Å². The first-order valence-corrected chi connectivity index (χ1v) is 15.6. The molecule has 5 aliphatic carbocycles. The molecule has 4 bridgehead atoms. The third-order valence-corrected chi connectivity index (χ3v) is 11.5. The van der Waals surface area contributed by atoms with Crippen LogP contribution in [0, 0.1) is 39.9 Å². The van der Waals surface area contributed by atoms with Gasteiger partial charge < -0.3 is 14.2 Å². The highest BCUT2D eigenvalue weighted by Gasteiger charge is 2.60. The van der Waals surface area contributed by atoms with Gasteiger partial charge in [-0.05, 0) is 123 Å². The Kier molecular flexibility index (Phi) is 8.65. The van der Waals surface area contributed by atoms with E-state index in [1.54, 1.807) is 0 Å². The molecule has 6 rings (SSSR count). The Bertz CT molecular complexity index is 982. The third kappa shape index (κ3) is 5.89. The van der Waals surface area contributed by atoms with Crippen LogP contribution in [0.2, 0.25) is 0 Å². The molecule has 5 saturated carbocycles. The second kappa shape index (κ2) is 11.0. The fraction of sp³-hybridized carbons (Fsp3) is 0.906. The van der Waals surface area contributed by atoms with Crippen molar-refractivity contribution in [1.29, 1.82) is 0 Å². The summed E-state index contributed by atoms with van der Waals surface area (Å²) in [6.07, 6.45) is 4.45. The van der Waals surface area contributed by atoms with Crippen molar-refractivity contribution < 1.29 is 41.8 Å². The van der Waals surface area contributed by atoms with Crippen LogP contribution in [0.5, 0.6) is 0 Å². The van der Waals surface area contributed by atoms with Gasteiger partial charge in [-0.3, -0.25) is 9.59 Å². The largest absolute Gasteiger partial charge is 0.459 e. The van der Waals surface area contributed by atoms with Gasteiger partial charge in [0.15, 0.2) is 5.41 Å². The minimum atomic E-state index is -4.71. The Balaban J connectivity index is 0.000000189. The van der Waals surface area contributed by atoms with E-state index >= 15 is 0 Å². The lowest BCUT2D eigenvalue weighted by Crippen LogP contribution is -2.58. The number of rotatable bonds is 7. The Labute approximate surface area is 242 Å². The number of hydrogen-bond donors (Lipinski definition) is 0. The summed E-state index contributed by atoms with van der Waals surface area (Å²) >= 11 is 0. The average molecular weight is 587 g/mol. The monoisotopic (exact) mass is 586 g/mol. The van der Waals surface area contributed by atoms with E-state index in [1.165, 1.54) is 45.4 Å². The standard InChI is InChI=1S/C19H32O2.C13H17F3O4/c1-6-17(2,3)16(20)21-18(4,5)19-10-13-7-14(11-19)9-15(8-13)12-19;1-3-12(2,13(14,15)16)11(18)20-9-7-5-4-6-8(7)19-10(9)17/h13-15H,6-12H2,1-5H3;7-9H,3-6H2,1-2H3. The Morgan fingerprint density at radius 3 is 1.88 bits per heavy atom. The fourth-order valence-electron chi connectivity index (χ4n) is 8.15. The molecule has 1 heterocycles. The highest BCUT2D eigenvalue weighted by atomic mass is 19.4. The van der Waals surface area contributed by atoms with Crippen molar-refractivity contribution in [3.05, 3.63) is 0 Å². The zero-order chi connectivity index (χ0) is 30.6. The summed E-state index contributed by atoms with van der Waals surface area (Å²) in [7, 11) is 0. The van der Waals surface area contributed by atoms with Gasteiger partial charge in [0.05, 0.1) is 5.41 Å².